The number of hydrazone groups is 1. The van der Waals surface area contributed by atoms with Gasteiger partial charge in [0.15, 0.2) is 0 Å². The maximum absolute atomic E-state index is 11.6. The van der Waals surface area contributed by atoms with E-state index in [-0.39, 0.29) is 6.03 Å². The van der Waals surface area contributed by atoms with Gasteiger partial charge in [-0.15, -0.1) is 0 Å². The highest BCUT2D eigenvalue weighted by Gasteiger charge is 2.14. The molecule has 1 aromatic carbocycles. The summed E-state index contributed by atoms with van der Waals surface area (Å²) in [4.78, 5) is 11.6. The zero-order valence-corrected chi connectivity index (χ0v) is 8.74. The van der Waals surface area contributed by atoms with Crippen LogP contribution in [0, 0.1) is 0 Å². The van der Waals surface area contributed by atoms with Gasteiger partial charge in [-0.1, -0.05) is 11.6 Å². The molecule has 0 fully saturated rings. The second kappa shape index (κ2) is 4.31. The molecular formula is C10H10ClN3O. The number of carbonyl (C=O) groups is 1. The Kier molecular flexibility index (Phi) is 2.87. The SMILES string of the molecule is O=C(Nc1ccc(Cl)cc1)N1CCC=N1. The van der Waals surface area contributed by atoms with Crippen molar-refractivity contribution in [1.29, 1.82) is 0 Å². The lowest BCUT2D eigenvalue weighted by atomic mass is 10.3. The summed E-state index contributed by atoms with van der Waals surface area (Å²) in [6.45, 7) is 0.638. The van der Waals surface area contributed by atoms with Gasteiger partial charge in [-0.25, -0.2) is 9.80 Å². The summed E-state index contributed by atoms with van der Waals surface area (Å²) in [7, 11) is 0. The van der Waals surface area contributed by atoms with Gasteiger partial charge in [-0.2, -0.15) is 5.10 Å². The quantitative estimate of drug-likeness (QED) is 0.782. The van der Waals surface area contributed by atoms with Gasteiger partial charge in [0.1, 0.15) is 0 Å². The number of carbonyl (C=O) groups excluding carboxylic acids is 1. The molecule has 0 radical (unpaired) electrons. The largest absolute Gasteiger partial charge is 0.342 e. The first kappa shape index (κ1) is 9.98. The molecule has 0 atom stereocenters. The molecule has 0 aliphatic carbocycles. The van der Waals surface area contributed by atoms with Crippen LogP contribution in [0.25, 0.3) is 0 Å². The topological polar surface area (TPSA) is 44.7 Å². The average molecular weight is 224 g/mol. The first-order valence-corrected chi connectivity index (χ1v) is 5.00. The van der Waals surface area contributed by atoms with E-state index in [0.29, 0.717) is 17.3 Å². The lowest BCUT2D eigenvalue weighted by Crippen LogP contribution is -2.28. The van der Waals surface area contributed by atoms with E-state index in [2.05, 4.69) is 10.4 Å². The summed E-state index contributed by atoms with van der Waals surface area (Å²) in [5, 5.41) is 8.69. The number of benzene rings is 1. The van der Waals surface area contributed by atoms with E-state index in [1.165, 1.54) is 5.01 Å². The van der Waals surface area contributed by atoms with E-state index in [0.717, 1.165) is 6.42 Å². The van der Waals surface area contributed by atoms with Gasteiger partial charge in [0.2, 0.25) is 0 Å². The number of halogens is 1. The molecule has 0 saturated carbocycles. The summed E-state index contributed by atoms with van der Waals surface area (Å²) in [6, 6.07) is 6.74. The molecule has 0 saturated heterocycles. The van der Waals surface area contributed by atoms with E-state index in [9.17, 15) is 4.79 Å². The number of hydrogen-bond acceptors (Lipinski definition) is 2. The molecule has 5 heteroatoms. The fraction of sp³-hybridized carbons (Fsp3) is 0.200. The first-order valence-electron chi connectivity index (χ1n) is 4.62. The normalized spacial score (nSPS) is 14.3. The van der Waals surface area contributed by atoms with Crippen molar-refractivity contribution in [1.82, 2.24) is 5.01 Å². The van der Waals surface area contributed by atoms with Crippen LogP contribution in [0.2, 0.25) is 5.02 Å². The third-order valence-corrected chi connectivity index (χ3v) is 2.27. The zero-order chi connectivity index (χ0) is 10.7. The van der Waals surface area contributed by atoms with Gasteiger partial charge >= 0.3 is 6.03 Å². The van der Waals surface area contributed by atoms with E-state index in [1.807, 2.05) is 0 Å². The third kappa shape index (κ3) is 2.47. The lowest BCUT2D eigenvalue weighted by Gasteiger charge is -2.12. The van der Waals surface area contributed by atoms with Crippen molar-refractivity contribution in [3.63, 3.8) is 0 Å². The smallest absolute Gasteiger partial charge is 0.306 e. The molecule has 1 aliphatic heterocycles. The van der Waals surface area contributed by atoms with Crippen LogP contribution < -0.4 is 5.32 Å². The number of rotatable bonds is 1. The number of anilines is 1. The molecule has 2 amide bonds. The van der Waals surface area contributed by atoms with Crippen LogP contribution in [-0.2, 0) is 0 Å². The van der Waals surface area contributed by atoms with Crippen LogP contribution in [0.15, 0.2) is 29.4 Å². The molecule has 1 aliphatic rings. The van der Waals surface area contributed by atoms with E-state index in [1.54, 1.807) is 30.5 Å². The van der Waals surface area contributed by atoms with Crippen molar-refractivity contribution in [2.24, 2.45) is 5.10 Å². The molecule has 1 aromatic rings. The van der Waals surface area contributed by atoms with Crippen LogP contribution in [0.3, 0.4) is 0 Å². The fourth-order valence-electron chi connectivity index (χ4n) is 1.27. The first-order chi connectivity index (χ1) is 7.25. The standard InChI is InChI=1S/C10H10ClN3O/c11-8-2-4-9(5-3-8)13-10(15)14-7-1-6-12-14/h2-6H,1,7H2,(H,13,15). The van der Waals surface area contributed by atoms with Crippen LogP contribution in [0.5, 0.6) is 0 Å². The van der Waals surface area contributed by atoms with Gasteiger partial charge in [-0.3, -0.25) is 0 Å². The second-order valence-electron chi connectivity index (χ2n) is 3.15. The molecule has 78 valence electrons. The van der Waals surface area contributed by atoms with Crippen molar-refractivity contribution in [3.05, 3.63) is 29.3 Å². The minimum Gasteiger partial charge on any atom is -0.306 e. The van der Waals surface area contributed by atoms with Crippen LogP contribution in [-0.4, -0.2) is 23.8 Å². The molecular weight excluding hydrogens is 214 g/mol. The van der Waals surface area contributed by atoms with Gasteiger partial charge < -0.3 is 5.32 Å². The van der Waals surface area contributed by atoms with Gasteiger partial charge in [0, 0.05) is 23.3 Å². The summed E-state index contributed by atoms with van der Waals surface area (Å²) in [6.07, 6.45) is 2.54. The Hall–Kier alpha value is -1.55. The van der Waals surface area contributed by atoms with Crippen molar-refractivity contribution in [2.45, 2.75) is 6.42 Å². The molecule has 0 bridgehead atoms. The summed E-state index contributed by atoms with van der Waals surface area (Å²) in [5.74, 6) is 0. The van der Waals surface area contributed by atoms with Crippen molar-refractivity contribution < 1.29 is 4.79 Å². The zero-order valence-electron chi connectivity index (χ0n) is 7.98. The van der Waals surface area contributed by atoms with E-state index in [4.69, 9.17) is 11.6 Å². The Balaban J connectivity index is 1.99. The van der Waals surface area contributed by atoms with Crippen LogP contribution in [0.1, 0.15) is 6.42 Å². The molecule has 15 heavy (non-hydrogen) atoms. The summed E-state index contributed by atoms with van der Waals surface area (Å²) in [5.41, 5.74) is 0.714. The highest BCUT2D eigenvalue weighted by Crippen LogP contribution is 2.14. The van der Waals surface area contributed by atoms with Crippen LogP contribution >= 0.6 is 11.6 Å². The number of nitrogens with one attached hydrogen (secondary N) is 1. The predicted octanol–water partition coefficient (Wildman–Crippen LogP) is 2.56. The highest BCUT2D eigenvalue weighted by molar-refractivity contribution is 6.30. The maximum atomic E-state index is 11.6. The Morgan fingerprint density at radius 2 is 2.13 bits per heavy atom. The van der Waals surface area contributed by atoms with Gasteiger partial charge in [0.25, 0.3) is 0 Å². The highest BCUT2D eigenvalue weighted by atomic mass is 35.5. The van der Waals surface area contributed by atoms with Crippen molar-refractivity contribution in [2.75, 3.05) is 11.9 Å². The predicted molar refractivity (Wildman–Crippen MR) is 60.3 cm³/mol. The monoisotopic (exact) mass is 223 g/mol. The number of nitrogens with zero attached hydrogens (tertiary/aromatic N) is 2. The molecule has 2 rings (SSSR count). The van der Waals surface area contributed by atoms with Crippen molar-refractivity contribution in [3.8, 4) is 0 Å². The van der Waals surface area contributed by atoms with Crippen molar-refractivity contribution >= 4 is 29.5 Å². The Morgan fingerprint density at radius 1 is 1.40 bits per heavy atom. The third-order valence-electron chi connectivity index (χ3n) is 2.02. The fourth-order valence-corrected chi connectivity index (χ4v) is 1.40. The second-order valence-corrected chi connectivity index (χ2v) is 3.58. The average Bonchev–Trinajstić information content (AvgIpc) is 2.74. The minimum atomic E-state index is -0.217. The van der Waals surface area contributed by atoms with E-state index >= 15 is 0 Å². The minimum absolute atomic E-state index is 0.217. The molecule has 1 heterocycles. The van der Waals surface area contributed by atoms with Gasteiger partial charge in [-0.05, 0) is 24.3 Å². The molecule has 0 unspecified atom stereocenters. The molecule has 4 nitrogen and oxygen atoms in total. The number of urea groups is 1. The Bertz CT molecular complexity index is 388. The molecule has 1 N–H and O–H groups in total. The number of hydrogen-bond donors (Lipinski definition) is 1. The lowest BCUT2D eigenvalue weighted by molar-refractivity contribution is 0.219. The summed E-state index contributed by atoms with van der Waals surface area (Å²) >= 11 is 5.73. The Labute approximate surface area is 92.5 Å². The molecule has 0 spiro atoms. The Morgan fingerprint density at radius 3 is 2.73 bits per heavy atom. The molecule has 0 aromatic heterocycles. The van der Waals surface area contributed by atoms with Gasteiger partial charge in [0.05, 0.1) is 6.54 Å². The van der Waals surface area contributed by atoms with E-state index < -0.39 is 0 Å². The maximum Gasteiger partial charge on any atom is 0.342 e. The van der Waals surface area contributed by atoms with Crippen LogP contribution in [0.4, 0.5) is 10.5 Å². The summed E-state index contributed by atoms with van der Waals surface area (Å²) < 4.78 is 0. The number of amides is 2.